The number of aromatic nitrogens is 3. The second-order valence-corrected chi connectivity index (χ2v) is 5.39. The van der Waals surface area contributed by atoms with Gasteiger partial charge in [-0.25, -0.2) is 4.68 Å². The monoisotopic (exact) mass is 294 g/mol. The number of carbonyl (C=O) groups is 2. The molecule has 7 nitrogen and oxygen atoms in total. The Bertz CT molecular complexity index is 594. The summed E-state index contributed by atoms with van der Waals surface area (Å²) in [6.45, 7) is 2.19. The first-order valence-corrected chi connectivity index (χ1v) is 6.87. The molecule has 0 aliphatic rings. The molecule has 1 atom stereocenters. The number of aliphatic carboxylic acids is 1. The third-order valence-electron chi connectivity index (χ3n) is 2.53. The number of carboxylic acid groups (broad SMARTS) is 1. The Hall–Kier alpha value is -2.22. The van der Waals surface area contributed by atoms with Crippen LogP contribution in [0.1, 0.15) is 28.7 Å². The molecule has 0 saturated heterocycles. The van der Waals surface area contributed by atoms with Crippen molar-refractivity contribution in [3.8, 4) is 0 Å². The van der Waals surface area contributed by atoms with Gasteiger partial charge in [-0.3, -0.25) is 9.59 Å². The van der Waals surface area contributed by atoms with Gasteiger partial charge in [-0.05, 0) is 18.4 Å². The molecule has 0 saturated carbocycles. The summed E-state index contributed by atoms with van der Waals surface area (Å²) < 4.78 is 1.57. The van der Waals surface area contributed by atoms with Gasteiger partial charge in [-0.15, -0.1) is 16.4 Å². The van der Waals surface area contributed by atoms with Gasteiger partial charge >= 0.3 is 5.97 Å². The summed E-state index contributed by atoms with van der Waals surface area (Å²) in [5, 5.41) is 20.8. The molecule has 0 radical (unpaired) electrons. The van der Waals surface area contributed by atoms with E-state index in [1.54, 1.807) is 29.1 Å². The Labute approximate surface area is 119 Å². The van der Waals surface area contributed by atoms with Crippen molar-refractivity contribution in [2.24, 2.45) is 0 Å². The summed E-state index contributed by atoms with van der Waals surface area (Å²) >= 11 is 1.60. The van der Waals surface area contributed by atoms with Crippen LogP contribution in [-0.4, -0.2) is 38.0 Å². The SMILES string of the molecule is CC(CC(=O)O)NC(=O)c1cn(Cc2cccs2)nn1. The number of carboxylic acids is 1. The highest BCUT2D eigenvalue weighted by Gasteiger charge is 2.15. The molecule has 8 heteroatoms. The molecule has 20 heavy (non-hydrogen) atoms. The summed E-state index contributed by atoms with van der Waals surface area (Å²) in [5.74, 6) is -1.38. The lowest BCUT2D eigenvalue weighted by Gasteiger charge is -2.09. The molecule has 2 rings (SSSR count). The maximum atomic E-state index is 11.8. The van der Waals surface area contributed by atoms with Crippen LogP contribution in [0.5, 0.6) is 0 Å². The zero-order valence-electron chi connectivity index (χ0n) is 10.8. The van der Waals surface area contributed by atoms with Crippen LogP contribution in [-0.2, 0) is 11.3 Å². The molecule has 1 amide bonds. The summed E-state index contributed by atoms with van der Waals surface area (Å²) in [6.07, 6.45) is 1.41. The lowest BCUT2D eigenvalue weighted by atomic mass is 10.2. The Kier molecular flexibility index (Phi) is 4.46. The average molecular weight is 294 g/mol. The van der Waals surface area contributed by atoms with Gasteiger partial charge in [0.05, 0.1) is 19.2 Å². The van der Waals surface area contributed by atoms with E-state index < -0.39 is 17.9 Å². The minimum atomic E-state index is -0.959. The lowest BCUT2D eigenvalue weighted by Crippen LogP contribution is -2.34. The second kappa shape index (κ2) is 6.29. The van der Waals surface area contributed by atoms with Crippen molar-refractivity contribution in [3.63, 3.8) is 0 Å². The van der Waals surface area contributed by atoms with E-state index in [1.807, 2.05) is 17.5 Å². The highest BCUT2D eigenvalue weighted by atomic mass is 32.1. The lowest BCUT2D eigenvalue weighted by molar-refractivity contribution is -0.137. The standard InChI is InChI=1S/C12H14N4O3S/c1-8(5-11(17)18)13-12(19)10-7-16(15-14-10)6-9-3-2-4-20-9/h2-4,7-8H,5-6H2,1H3,(H,13,19)(H,17,18). The molecule has 0 aliphatic carbocycles. The Morgan fingerprint density at radius 3 is 3.00 bits per heavy atom. The second-order valence-electron chi connectivity index (χ2n) is 4.35. The van der Waals surface area contributed by atoms with E-state index in [9.17, 15) is 9.59 Å². The van der Waals surface area contributed by atoms with Crippen LogP contribution >= 0.6 is 11.3 Å². The minimum absolute atomic E-state index is 0.130. The first kappa shape index (κ1) is 14.2. The van der Waals surface area contributed by atoms with Crippen molar-refractivity contribution in [2.45, 2.75) is 25.9 Å². The van der Waals surface area contributed by atoms with Crippen LogP contribution in [0.4, 0.5) is 0 Å². The predicted molar refractivity (Wildman–Crippen MR) is 72.6 cm³/mol. The number of nitrogens with zero attached hydrogens (tertiary/aromatic N) is 3. The van der Waals surface area contributed by atoms with E-state index >= 15 is 0 Å². The zero-order chi connectivity index (χ0) is 14.5. The maximum Gasteiger partial charge on any atom is 0.305 e. The first-order chi connectivity index (χ1) is 9.54. The van der Waals surface area contributed by atoms with Gasteiger partial charge in [0.25, 0.3) is 5.91 Å². The summed E-state index contributed by atoms with van der Waals surface area (Å²) in [7, 11) is 0. The van der Waals surface area contributed by atoms with E-state index in [2.05, 4.69) is 15.6 Å². The molecule has 1 unspecified atom stereocenters. The highest BCUT2D eigenvalue weighted by Crippen LogP contribution is 2.10. The fraction of sp³-hybridized carbons (Fsp3) is 0.333. The van der Waals surface area contributed by atoms with Gasteiger partial charge in [-0.2, -0.15) is 0 Å². The number of amides is 1. The van der Waals surface area contributed by atoms with Crippen LogP contribution in [0, 0.1) is 0 Å². The average Bonchev–Trinajstić information content (AvgIpc) is 2.99. The fourth-order valence-corrected chi connectivity index (χ4v) is 2.35. The van der Waals surface area contributed by atoms with E-state index in [-0.39, 0.29) is 12.1 Å². The fourth-order valence-electron chi connectivity index (χ4n) is 1.65. The largest absolute Gasteiger partial charge is 0.481 e. The van der Waals surface area contributed by atoms with Gasteiger partial charge in [0.1, 0.15) is 0 Å². The molecular formula is C12H14N4O3S. The predicted octanol–water partition coefficient (Wildman–Crippen LogP) is 0.981. The number of thiophene rings is 1. The van der Waals surface area contributed by atoms with Crippen LogP contribution in [0.25, 0.3) is 0 Å². The molecular weight excluding hydrogens is 280 g/mol. The normalized spacial score (nSPS) is 12.1. The van der Waals surface area contributed by atoms with Gasteiger partial charge in [0.2, 0.25) is 0 Å². The van der Waals surface area contributed by atoms with Crippen LogP contribution < -0.4 is 5.32 Å². The molecule has 2 heterocycles. The molecule has 2 aromatic rings. The third-order valence-corrected chi connectivity index (χ3v) is 3.39. The number of carbonyl (C=O) groups excluding carboxylic acids is 1. The Balaban J connectivity index is 1.94. The molecule has 0 aliphatic heterocycles. The quantitative estimate of drug-likeness (QED) is 0.827. The van der Waals surface area contributed by atoms with Crippen molar-refractivity contribution in [1.82, 2.24) is 20.3 Å². The molecule has 106 valence electrons. The number of rotatable bonds is 6. The van der Waals surface area contributed by atoms with Gasteiger partial charge in [0.15, 0.2) is 5.69 Å². The van der Waals surface area contributed by atoms with E-state index in [0.717, 1.165) is 4.88 Å². The van der Waals surface area contributed by atoms with Crippen molar-refractivity contribution < 1.29 is 14.7 Å². The minimum Gasteiger partial charge on any atom is -0.481 e. The molecule has 2 aromatic heterocycles. The molecule has 0 fully saturated rings. The maximum absolute atomic E-state index is 11.8. The van der Waals surface area contributed by atoms with Gasteiger partial charge in [0, 0.05) is 10.9 Å². The molecule has 0 spiro atoms. The molecule has 0 aromatic carbocycles. The van der Waals surface area contributed by atoms with E-state index in [0.29, 0.717) is 6.54 Å². The van der Waals surface area contributed by atoms with Crippen LogP contribution in [0.15, 0.2) is 23.7 Å². The summed E-state index contributed by atoms with van der Waals surface area (Å²) in [4.78, 5) is 23.5. The van der Waals surface area contributed by atoms with Gasteiger partial charge in [-0.1, -0.05) is 11.3 Å². The summed E-state index contributed by atoms with van der Waals surface area (Å²) in [5.41, 5.74) is 0.179. The highest BCUT2D eigenvalue weighted by molar-refractivity contribution is 7.09. The van der Waals surface area contributed by atoms with Crippen molar-refractivity contribution in [3.05, 3.63) is 34.3 Å². The van der Waals surface area contributed by atoms with E-state index in [4.69, 9.17) is 5.11 Å². The van der Waals surface area contributed by atoms with Crippen molar-refractivity contribution >= 4 is 23.2 Å². The van der Waals surface area contributed by atoms with Crippen molar-refractivity contribution in [1.29, 1.82) is 0 Å². The van der Waals surface area contributed by atoms with E-state index in [1.165, 1.54) is 0 Å². The van der Waals surface area contributed by atoms with Gasteiger partial charge < -0.3 is 10.4 Å². The molecule has 0 bridgehead atoms. The number of hydrogen-bond acceptors (Lipinski definition) is 5. The Morgan fingerprint density at radius 1 is 1.55 bits per heavy atom. The zero-order valence-corrected chi connectivity index (χ0v) is 11.6. The first-order valence-electron chi connectivity index (χ1n) is 6.00. The molecule has 2 N–H and O–H groups in total. The third kappa shape index (κ3) is 3.89. The summed E-state index contributed by atoms with van der Waals surface area (Å²) in [6, 6.07) is 3.46. The number of hydrogen-bond donors (Lipinski definition) is 2. The van der Waals surface area contributed by atoms with Crippen LogP contribution in [0.2, 0.25) is 0 Å². The number of nitrogens with one attached hydrogen (secondary N) is 1. The van der Waals surface area contributed by atoms with Crippen molar-refractivity contribution in [2.75, 3.05) is 0 Å². The van der Waals surface area contributed by atoms with Crippen LogP contribution in [0.3, 0.4) is 0 Å². The Morgan fingerprint density at radius 2 is 2.35 bits per heavy atom. The topological polar surface area (TPSA) is 97.1 Å². The smallest absolute Gasteiger partial charge is 0.305 e.